The molecule has 0 saturated heterocycles. The van der Waals surface area contributed by atoms with Gasteiger partial charge in [-0.15, -0.1) is 0 Å². The third kappa shape index (κ3) is 3.16. The van der Waals surface area contributed by atoms with Crippen LogP contribution in [-0.2, 0) is 5.41 Å². The van der Waals surface area contributed by atoms with Crippen molar-refractivity contribution in [2.75, 3.05) is 0 Å². The number of hydrogen-bond donors (Lipinski definition) is 0. The molecule has 0 saturated carbocycles. The summed E-state index contributed by atoms with van der Waals surface area (Å²) in [6, 6.07) is 14.1. The van der Waals surface area contributed by atoms with E-state index >= 15 is 0 Å². The van der Waals surface area contributed by atoms with Gasteiger partial charge in [-0.3, -0.25) is 0 Å². The molecule has 3 aromatic carbocycles. The smallest absolute Gasteiger partial charge is 0.164 e. The van der Waals surface area contributed by atoms with Crippen LogP contribution in [0.1, 0.15) is 61.6 Å². The second kappa shape index (κ2) is 7.12. The van der Waals surface area contributed by atoms with Gasteiger partial charge in [-0.25, -0.2) is 15.0 Å². The number of aromatic nitrogens is 3. The number of rotatable bonds is 3. The Hall–Kier alpha value is -3.33. The third-order valence-corrected chi connectivity index (χ3v) is 5.96. The van der Waals surface area contributed by atoms with Crippen LogP contribution in [0.15, 0.2) is 66.6 Å². The summed E-state index contributed by atoms with van der Waals surface area (Å²) in [6.07, 6.45) is 0. The highest BCUT2D eigenvalue weighted by Crippen LogP contribution is 2.51. The van der Waals surface area contributed by atoms with Gasteiger partial charge in [0.25, 0.3) is 0 Å². The lowest BCUT2D eigenvalue weighted by molar-refractivity contribution is 0.660. The Morgan fingerprint density at radius 1 is 0.774 bits per heavy atom. The summed E-state index contributed by atoms with van der Waals surface area (Å²) in [7, 11) is 0. The van der Waals surface area contributed by atoms with Crippen molar-refractivity contribution in [3.63, 3.8) is 0 Å². The molecule has 31 heavy (non-hydrogen) atoms. The van der Waals surface area contributed by atoms with Crippen LogP contribution in [0.4, 0.5) is 0 Å². The molecule has 3 nitrogen and oxygen atoms in total. The van der Waals surface area contributed by atoms with E-state index in [0.29, 0.717) is 17.2 Å². The molecule has 0 atom stereocenters. The van der Waals surface area contributed by atoms with Gasteiger partial charge >= 0.3 is 0 Å². The molecule has 1 heterocycles. The Labute approximate surface area is 189 Å². The van der Waals surface area contributed by atoms with Gasteiger partial charge in [-0.05, 0) is 29.2 Å². The Balaban J connectivity index is 1.81. The summed E-state index contributed by atoms with van der Waals surface area (Å²) >= 11 is 0. The lowest BCUT2D eigenvalue weighted by Crippen LogP contribution is -2.17. The van der Waals surface area contributed by atoms with Gasteiger partial charge in [-0.2, -0.15) is 0 Å². The Morgan fingerprint density at radius 3 is 2.16 bits per heavy atom. The highest BCUT2D eigenvalue weighted by molar-refractivity contribution is 5.86. The van der Waals surface area contributed by atoms with Crippen molar-refractivity contribution >= 4 is 0 Å². The van der Waals surface area contributed by atoms with E-state index in [9.17, 15) is 0 Å². The summed E-state index contributed by atoms with van der Waals surface area (Å²) in [6.45, 7) is 9.98. The fourth-order valence-electron chi connectivity index (χ4n) is 4.40. The normalized spacial score (nSPS) is 15.7. The van der Waals surface area contributed by atoms with E-state index < -0.39 is 0 Å². The molecule has 0 spiro atoms. The molecular formula is C28H27N3. The van der Waals surface area contributed by atoms with E-state index in [4.69, 9.17) is 15.5 Å². The van der Waals surface area contributed by atoms with Gasteiger partial charge in [0.05, 0.1) is 5.48 Å². The molecule has 0 amide bonds. The largest absolute Gasteiger partial charge is 0.213 e. The molecule has 1 aliphatic rings. The van der Waals surface area contributed by atoms with Crippen LogP contribution < -0.4 is 0 Å². The van der Waals surface area contributed by atoms with Crippen LogP contribution in [0, 0.1) is 6.92 Å². The first-order valence-corrected chi connectivity index (χ1v) is 10.6. The first kappa shape index (κ1) is 15.5. The summed E-state index contributed by atoms with van der Waals surface area (Å²) in [4.78, 5) is 14.2. The molecule has 0 aliphatic heterocycles. The van der Waals surface area contributed by atoms with Crippen LogP contribution in [0.25, 0.3) is 33.9 Å². The van der Waals surface area contributed by atoms with E-state index in [0.717, 1.165) is 16.7 Å². The van der Waals surface area contributed by atoms with Crippen LogP contribution in [0.2, 0.25) is 0 Å². The minimum Gasteiger partial charge on any atom is -0.213 e. The Kier molecular flexibility index (Phi) is 3.55. The lowest BCUT2D eigenvalue weighted by Gasteiger charge is -2.24. The minimum atomic E-state index is -0.263. The molecule has 5 rings (SSSR count). The highest BCUT2D eigenvalue weighted by atomic mass is 15.0. The fraction of sp³-hybridized carbons (Fsp3) is 0.250. The van der Waals surface area contributed by atoms with Crippen molar-refractivity contribution in [3.8, 4) is 33.9 Å². The van der Waals surface area contributed by atoms with Crippen molar-refractivity contribution in [2.24, 2.45) is 0 Å². The van der Waals surface area contributed by atoms with Crippen LogP contribution in [0.5, 0.6) is 0 Å². The predicted molar refractivity (Wildman–Crippen MR) is 127 cm³/mol. The van der Waals surface area contributed by atoms with Gasteiger partial charge in [0.15, 0.2) is 11.6 Å². The number of hydrogen-bond acceptors (Lipinski definition) is 3. The maximum atomic E-state index is 8.55. The first-order chi connectivity index (χ1) is 16.5. The molecule has 1 aliphatic carbocycles. The van der Waals surface area contributed by atoms with E-state index in [1.807, 2.05) is 26.0 Å². The van der Waals surface area contributed by atoms with Crippen LogP contribution in [-0.4, -0.2) is 15.0 Å². The molecule has 4 aromatic rings. The average Bonchev–Trinajstić information content (AvgIpc) is 3.08. The Bertz CT molecular complexity index is 1480. The second-order valence-corrected chi connectivity index (χ2v) is 8.89. The average molecular weight is 410 g/mol. The van der Waals surface area contributed by atoms with Crippen LogP contribution >= 0.6 is 0 Å². The molecule has 0 radical (unpaired) electrons. The predicted octanol–water partition coefficient (Wildman–Crippen LogP) is 6.94. The van der Waals surface area contributed by atoms with Crippen LogP contribution in [0.3, 0.4) is 0 Å². The van der Waals surface area contributed by atoms with E-state index in [1.54, 1.807) is 6.92 Å². The molecule has 0 N–H and O–H groups in total. The highest BCUT2D eigenvalue weighted by Gasteiger charge is 2.37. The zero-order chi connectivity index (χ0) is 25.2. The maximum Gasteiger partial charge on any atom is 0.164 e. The second-order valence-electron chi connectivity index (χ2n) is 8.89. The summed E-state index contributed by atoms with van der Waals surface area (Å²) < 4.78 is 33.7. The van der Waals surface area contributed by atoms with E-state index in [2.05, 4.69) is 49.2 Å². The molecule has 0 bridgehead atoms. The quantitative estimate of drug-likeness (QED) is 0.368. The van der Waals surface area contributed by atoms with Crippen molar-refractivity contribution in [1.82, 2.24) is 15.0 Å². The van der Waals surface area contributed by atoms with E-state index in [1.165, 1.54) is 11.1 Å². The SMILES string of the molecule is [2H]c1c([2H])c(-c2nc(-c3cccc4c3C(C)(C)c3ccccc3-4)nc(C(C)C)n2)c([2H])c([2H])c1C. The number of nitrogens with zero attached hydrogens (tertiary/aromatic N) is 3. The molecule has 154 valence electrons. The third-order valence-electron chi connectivity index (χ3n) is 5.96. The van der Waals surface area contributed by atoms with Crippen molar-refractivity contribution in [2.45, 2.75) is 46.0 Å². The molecular weight excluding hydrogens is 378 g/mol. The van der Waals surface area contributed by atoms with Gasteiger partial charge in [0.2, 0.25) is 0 Å². The molecule has 3 heteroatoms. The topological polar surface area (TPSA) is 38.7 Å². The monoisotopic (exact) mass is 409 g/mol. The zero-order valence-corrected chi connectivity index (χ0v) is 18.5. The van der Waals surface area contributed by atoms with Gasteiger partial charge in [0.1, 0.15) is 5.82 Å². The van der Waals surface area contributed by atoms with Gasteiger partial charge in [-0.1, -0.05) is 99.9 Å². The number of benzene rings is 3. The fourth-order valence-corrected chi connectivity index (χ4v) is 4.40. The molecule has 0 fully saturated rings. The maximum absolute atomic E-state index is 8.55. The number of fused-ring (bicyclic) bond motifs is 3. The van der Waals surface area contributed by atoms with Gasteiger partial charge < -0.3 is 0 Å². The van der Waals surface area contributed by atoms with Crippen molar-refractivity contribution in [1.29, 1.82) is 0 Å². The molecule has 0 unspecified atom stereocenters. The van der Waals surface area contributed by atoms with Crippen molar-refractivity contribution < 1.29 is 5.48 Å². The summed E-state index contributed by atoms with van der Waals surface area (Å²) in [5, 5.41) is 0. The summed E-state index contributed by atoms with van der Waals surface area (Å²) in [5.74, 6) is 1.18. The Morgan fingerprint density at radius 2 is 1.42 bits per heavy atom. The van der Waals surface area contributed by atoms with E-state index in [-0.39, 0.29) is 46.9 Å². The minimum absolute atomic E-state index is 0.0165. The standard InChI is InChI=1S/C28H27N3/c1-17(2)25-29-26(19-15-13-18(3)14-16-19)31-27(30-25)22-11-8-10-21-20-9-6-7-12-23(20)28(4,5)24(21)22/h6-17H,1-5H3/i13D,14D,15D,16D. The summed E-state index contributed by atoms with van der Waals surface area (Å²) in [5.41, 5.74) is 5.77. The first-order valence-electron chi connectivity index (χ1n) is 12.6. The zero-order valence-electron chi connectivity index (χ0n) is 22.5. The van der Waals surface area contributed by atoms with Gasteiger partial charge in [0, 0.05) is 22.5 Å². The lowest BCUT2D eigenvalue weighted by atomic mass is 9.80. The molecule has 1 aromatic heterocycles. The van der Waals surface area contributed by atoms with Crippen molar-refractivity contribution in [3.05, 3.63) is 89.1 Å².